The Morgan fingerprint density at radius 1 is 1.70 bits per heavy atom. The van der Waals surface area contributed by atoms with Gasteiger partial charge in [-0.1, -0.05) is 0 Å². The van der Waals surface area contributed by atoms with Gasteiger partial charge in [-0.2, -0.15) is 0 Å². The maximum Gasteiger partial charge on any atom is 0.201 e. The molecule has 0 aliphatic rings. The van der Waals surface area contributed by atoms with E-state index in [0.717, 1.165) is 0 Å². The van der Waals surface area contributed by atoms with Crippen LogP contribution in [0.2, 0.25) is 0 Å². The molecule has 0 aliphatic heterocycles. The Balaban J connectivity index is 2.50. The topological polar surface area (TPSA) is 62.1 Å². The van der Waals surface area contributed by atoms with Crippen LogP contribution in [0.3, 0.4) is 0 Å². The summed E-state index contributed by atoms with van der Waals surface area (Å²) in [7, 11) is 1.68. The van der Waals surface area contributed by atoms with E-state index >= 15 is 0 Å². The number of rotatable bonds is 3. The molecule has 0 bridgehead atoms. The van der Waals surface area contributed by atoms with E-state index < -0.39 is 6.35 Å². The summed E-state index contributed by atoms with van der Waals surface area (Å²) >= 11 is 0. The van der Waals surface area contributed by atoms with E-state index in [0.29, 0.717) is 0 Å². The number of aromatic nitrogens is 2. The van der Waals surface area contributed by atoms with Crippen molar-refractivity contribution < 1.29 is 5.11 Å². The van der Waals surface area contributed by atoms with Gasteiger partial charge in [0.1, 0.15) is 0 Å². The zero-order valence-corrected chi connectivity index (χ0v) is 5.65. The maximum atomic E-state index is 9.16. The largest absolute Gasteiger partial charge is 0.360 e. The lowest BCUT2D eigenvalue weighted by Gasteiger charge is -2.11. The molecule has 0 amide bonds. The van der Waals surface area contributed by atoms with Gasteiger partial charge in [0.05, 0.1) is 6.33 Å². The van der Waals surface area contributed by atoms with Gasteiger partial charge >= 0.3 is 0 Å². The molecular weight excluding hydrogens is 132 g/mol. The summed E-state index contributed by atoms with van der Waals surface area (Å²) in [5.41, 5.74) is 5.18. The second kappa shape index (κ2) is 3.31. The fourth-order valence-corrected chi connectivity index (χ4v) is 0.618. The molecule has 0 aromatic carbocycles. The minimum absolute atomic E-state index is 0.757. The Labute approximate surface area is 58.7 Å². The van der Waals surface area contributed by atoms with Gasteiger partial charge in [-0.15, -0.1) is 0 Å². The summed E-state index contributed by atoms with van der Waals surface area (Å²) < 4.78 is 1.52. The molecule has 3 N–H and O–H groups in total. The lowest BCUT2D eigenvalue weighted by Crippen LogP contribution is -2.34. The molecule has 0 aliphatic carbocycles. The second-order valence-electron chi connectivity index (χ2n) is 1.78. The molecule has 10 heavy (non-hydrogen) atoms. The van der Waals surface area contributed by atoms with Gasteiger partial charge in [-0.05, 0) is 7.05 Å². The maximum absolute atomic E-state index is 9.16. The van der Waals surface area contributed by atoms with Gasteiger partial charge < -0.3 is 5.11 Å². The third-order valence-corrected chi connectivity index (χ3v) is 1.08. The lowest BCUT2D eigenvalue weighted by molar-refractivity contribution is 0.0550. The van der Waals surface area contributed by atoms with Gasteiger partial charge in [-0.3, -0.25) is 9.99 Å². The van der Waals surface area contributed by atoms with Crippen molar-refractivity contribution in [2.75, 3.05) is 7.05 Å². The van der Waals surface area contributed by atoms with E-state index in [2.05, 4.69) is 15.8 Å². The summed E-state index contributed by atoms with van der Waals surface area (Å²) in [6, 6.07) is 0. The molecule has 0 saturated carbocycles. The molecule has 0 spiro atoms. The van der Waals surface area contributed by atoms with Crippen LogP contribution in [0, 0.1) is 0 Å². The summed E-state index contributed by atoms with van der Waals surface area (Å²) in [5, 5.41) is 9.16. The van der Waals surface area contributed by atoms with E-state index in [1.54, 1.807) is 19.4 Å². The first-order valence-corrected chi connectivity index (χ1v) is 2.92. The zero-order chi connectivity index (χ0) is 7.40. The number of hydrogen-bond donors (Lipinski definition) is 3. The van der Waals surface area contributed by atoms with Crippen LogP contribution in [0.25, 0.3) is 0 Å². The summed E-state index contributed by atoms with van der Waals surface area (Å²) in [6.45, 7) is 0. The molecule has 1 rings (SSSR count). The van der Waals surface area contributed by atoms with Crippen molar-refractivity contribution in [3.8, 4) is 0 Å². The molecule has 1 heterocycles. The predicted molar refractivity (Wildman–Crippen MR) is 35.7 cm³/mol. The highest BCUT2D eigenvalue weighted by atomic mass is 16.3. The molecule has 0 radical (unpaired) electrons. The molecule has 1 unspecified atom stereocenters. The third kappa shape index (κ3) is 1.53. The lowest BCUT2D eigenvalue weighted by atomic mass is 10.8. The van der Waals surface area contributed by atoms with Crippen molar-refractivity contribution >= 4 is 0 Å². The first kappa shape index (κ1) is 7.20. The van der Waals surface area contributed by atoms with Crippen molar-refractivity contribution in [3.05, 3.63) is 18.7 Å². The molecule has 1 atom stereocenters. The first-order chi connectivity index (χ1) is 4.84. The number of hydrazine groups is 1. The van der Waals surface area contributed by atoms with E-state index in [1.807, 2.05) is 0 Å². The summed E-state index contributed by atoms with van der Waals surface area (Å²) in [6.07, 6.45) is 4.03. The molecule has 5 nitrogen and oxygen atoms in total. The fourth-order valence-electron chi connectivity index (χ4n) is 0.618. The minimum Gasteiger partial charge on any atom is -0.360 e. The average Bonchev–Trinajstić information content (AvgIpc) is 2.38. The van der Waals surface area contributed by atoms with E-state index in [9.17, 15) is 0 Å². The quantitative estimate of drug-likeness (QED) is 0.376. The molecule has 56 valence electrons. The van der Waals surface area contributed by atoms with E-state index in [1.165, 1.54) is 10.9 Å². The molecule has 1 aromatic heterocycles. The predicted octanol–water partition coefficient (Wildman–Crippen LogP) is -0.945. The Bertz CT molecular complexity index is 174. The van der Waals surface area contributed by atoms with E-state index in [4.69, 9.17) is 5.11 Å². The van der Waals surface area contributed by atoms with Crippen LogP contribution in [-0.2, 0) is 0 Å². The highest BCUT2D eigenvalue weighted by molar-refractivity contribution is 4.74. The Morgan fingerprint density at radius 2 is 2.50 bits per heavy atom. The highest BCUT2D eigenvalue weighted by Crippen LogP contribution is 1.93. The first-order valence-electron chi connectivity index (χ1n) is 2.92. The van der Waals surface area contributed by atoms with Crippen molar-refractivity contribution in [2.45, 2.75) is 6.35 Å². The van der Waals surface area contributed by atoms with Crippen LogP contribution in [0.15, 0.2) is 18.7 Å². The van der Waals surface area contributed by atoms with Crippen molar-refractivity contribution in [3.63, 3.8) is 0 Å². The monoisotopic (exact) mass is 142 g/mol. The smallest absolute Gasteiger partial charge is 0.201 e. The molecule has 1 aromatic rings. The summed E-state index contributed by atoms with van der Waals surface area (Å²) in [5.74, 6) is 0. The van der Waals surface area contributed by atoms with Crippen molar-refractivity contribution in [1.29, 1.82) is 0 Å². The van der Waals surface area contributed by atoms with E-state index in [-0.39, 0.29) is 0 Å². The number of hydrogen-bond acceptors (Lipinski definition) is 4. The standard InChI is InChI=1S/C5H10N4O/c1-6-8-5(10)9-3-2-7-4-9/h2-6,8,10H,1H3. The van der Waals surface area contributed by atoms with Gasteiger partial charge in [0.25, 0.3) is 0 Å². The van der Waals surface area contributed by atoms with Crippen molar-refractivity contribution in [2.24, 2.45) is 0 Å². The van der Waals surface area contributed by atoms with Crippen LogP contribution < -0.4 is 10.9 Å². The third-order valence-electron chi connectivity index (χ3n) is 1.08. The molecule has 0 fully saturated rings. The van der Waals surface area contributed by atoms with Crippen LogP contribution >= 0.6 is 0 Å². The fraction of sp³-hybridized carbons (Fsp3) is 0.400. The second-order valence-corrected chi connectivity index (χ2v) is 1.78. The Hall–Kier alpha value is -0.910. The van der Waals surface area contributed by atoms with Crippen LogP contribution in [0.5, 0.6) is 0 Å². The molecular formula is C5H10N4O. The normalized spacial score (nSPS) is 13.4. The number of aliphatic hydroxyl groups is 1. The average molecular weight is 142 g/mol. The molecule has 5 heteroatoms. The zero-order valence-electron chi connectivity index (χ0n) is 5.65. The van der Waals surface area contributed by atoms with Crippen LogP contribution in [-0.4, -0.2) is 21.7 Å². The minimum atomic E-state index is -0.757. The number of aliphatic hydroxyl groups excluding tert-OH is 1. The molecule has 0 saturated heterocycles. The summed E-state index contributed by atoms with van der Waals surface area (Å²) in [4.78, 5) is 3.76. The SMILES string of the molecule is CNNC(O)n1ccnc1. The van der Waals surface area contributed by atoms with Crippen LogP contribution in [0.4, 0.5) is 0 Å². The van der Waals surface area contributed by atoms with Crippen LogP contribution in [0.1, 0.15) is 6.35 Å². The van der Waals surface area contributed by atoms with Gasteiger partial charge in [0.15, 0.2) is 0 Å². The Kier molecular flexibility index (Phi) is 2.38. The number of nitrogens with one attached hydrogen (secondary N) is 2. The van der Waals surface area contributed by atoms with Gasteiger partial charge in [0.2, 0.25) is 6.35 Å². The van der Waals surface area contributed by atoms with Crippen molar-refractivity contribution in [1.82, 2.24) is 20.4 Å². The number of nitrogens with zero attached hydrogens (tertiary/aromatic N) is 2. The Morgan fingerprint density at radius 3 is 3.00 bits per heavy atom. The highest BCUT2D eigenvalue weighted by Gasteiger charge is 1.99. The van der Waals surface area contributed by atoms with Gasteiger partial charge in [-0.25, -0.2) is 10.4 Å². The number of imidazole rings is 1. The van der Waals surface area contributed by atoms with Gasteiger partial charge in [0, 0.05) is 12.4 Å².